The number of hydrogen-bond donors (Lipinski definition) is 0. The summed E-state index contributed by atoms with van der Waals surface area (Å²) in [5, 5.41) is 9.25. The Morgan fingerprint density at radius 2 is 1.93 bits per heavy atom. The molecule has 0 atom stereocenters. The molecule has 1 aromatic carbocycles. The molecule has 7 heteroatoms. The van der Waals surface area contributed by atoms with Crippen molar-refractivity contribution in [1.82, 2.24) is 19.6 Å². The smallest absolute Gasteiger partial charge is 0.226 e. The second-order valence-electron chi connectivity index (χ2n) is 6.38. The molecule has 0 fully saturated rings. The maximum Gasteiger partial charge on any atom is 0.226 e. The van der Waals surface area contributed by atoms with Crippen LogP contribution < -0.4 is 0 Å². The number of furan rings is 1. The van der Waals surface area contributed by atoms with Crippen LogP contribution >= 0.6 is 11.8 Å². The lowest BCUT2D eigenvalue weighted by Crippen LogP contribution is -1.94. The van der Waals surface area contributed by atoms with Gasteiger partial charge in [-0.3, -0.25) is 4.40 Å². The molecule has 0 N–H and O–H groups in total. The number of hydrogen-bond acceptors (Lipinski definition) is 6. The first-order chi connectivity index (χ1) is 13.2. The van der Waals surface area contributed by atoms with E-state index in [1.54, 1.807) is 24.4 Å². The molecular weight excluding hydrogens is 360 g/mol. The van der Waals surface area contributed by atoms with Gasteiger partial charge in [0.05, 0.1) is 23.0 Å². The molecule has 4 aromatic heterocycles. The summed E-state index contributed by atoms with van der Waals surface area (Å²) in [4.78, 5) is 4.68. The normalized spacial score (nSPS) is 11.6. The summed E-state index contributed by atoms with van der Waals surface area (Å²) in [6.45, 7) is 4.00. The van der Waals surface area contributed by atoms with Crippen molar-refractivity contribution in [3.63, 3.8) is 0 Å². The van der Waals surface area contributed by atoms with E-state index in [1.165, 1.54) is 5.56 Å². The molecule has 0 bridgehead atoms. The molecule has 5 aromatic rings. The van der Waals surface area contributed by atoms with Crippen molar-refractivity contribution in [3.05, 3.63) is 66.0 Å². The molecule has 0 saturated carbocycles. The van der Waals surface area contributed by atoms with Gasteiger partial charge in [-0.25, -0.2) is 4.98 Å². The average Bonchev–Trinajstić information content (AvgIpc) is 3.35. The van der Waals surface area contributed by atoms with Gasteiger partial charge in [-0.2, -0.15) is 0 Å². The molecule has 0 aliphatic rings. The Morgan fingerprint density at radius 1 is 1.07 bits per heavy atom. The van der Waals surface area contributed by atoms with Gasteiger partial charge < -0.3 is 8.83 Å². The van der Waals surface area contributed by atoms with E-state index < -0.39 is 0 Å². The Morgan fingerprint density at radius 3 is 2.78 bits per heavy atom. The molecule has 6 nitrogen and oxygen atoms in total. The molecule has 0 unspecified atom stereocenters. The van der Waals surface area contributed by atoms with Crippen LogP contribution in [-0.2, 0) is 5.75 Å². The van der Waals surface area contributed by atoms with E-state index in [1.807, 2.05) is 35.6 Å². The lowest BCUT2D eigenvalue weighted by Gasteiger charge is -2.01. The number of oxazole rings is 1. The number of nitrogens with zero attached hydrogens (tertiary/aromatic N) is 4. The van der Waals surface area contributed by atoms with E-state index in [9.17, 15) is 0 Å². The highest BCUT2D eigenvalue weighted by Gasteiger charge is 2.15. The highest BCUT2D eigenvalue weighted by Crippen LogP contribution is 2.31. The largest absolute Gasteiger partial charge is 0.463 e. The third kappa shape index (κ3) is 2.80. The minimum absolute atomic E-state index is 0.646. The van der Waals surface area contributed by atoms with Crippen LogP contribution in [0.15, 0.2) is 62.8 Å². The second kappa shape index (κ2) is 6.28. The van der Waals surface area contributed by atoms with E-state index in [-0.39, 0.29) is 0 Å². The van der Waals surface area contributed by atoms with Gasteiger partial charge in [-0.1, -0.05) is 29.5 Å². The van der Waals surface area contributed by atoms with Gasteiger partial charge in [-0.15, -0.1) is 10.2 Å². The molecule has 0 spiro atoms. The SMILES string of the molecule is Cc1ccc(-c2nc(CSc3nncn4c3cc3occc34)c(C)o2)cc1. The summed E-state index contributed by atoms with van der Waals surface area (Å²) in [7, 11) is 0. The fourth-order valence-electron chi connectivity index (χ4n) is 3.04. The quantitative estimate of drug-likeness (QED) is 0.409. The summed E-state index contributed by atoms with van der Waals surface area (Å²) in [5.41, 5.74) is 5.89. The van der Waals surface area contributed by atoms with Crippen LogP contribution in [0.3, 0.4) is 0 Å². The Balaban J connectivity index is 1.43. The van der Waals surface area contributed by atoms with Crippen LogP contribution in [0.4, 0.5) is 0 Å². The van der Waals surface area contributed by atoms with E-state index in [0.717, 1.165) is 38.7 Å². The van der Waals surface area contributed by atoms with Crippen LogP contribution in [-0.4, -0.2) is 19.6 Å². The summed E-state index contributed by atoms with van der Waals surface area (Å²) in [6.07, 6.45) is 3.38. The first-order valence-corrected chi connectivity index (χ1v) is 9.54. The van der Waals surface area contributed by atoms with Crippen molar-refractivity contribution in [2.45, 2.75) is 24.6 Å². The summed E-state index contributed by atoms with van der Waals surface area (Å²) < 4.78 is 13.3. The van der Waals surface area contributed by atoms with Crippen molar-refractivity contribution in [3.8, 4) is 11.5 Å². The molecule has 0 amide bonds. The highest BCUT2D eigenvalue weighted by atomic mass is 32.2. The maximum atomic E-state index is 5.87. The van der Waals surface area contributed by atoms with Crippen LogP contribution in [0.1, 0.15) is 17.0 Å². The molecular formula is C20H16N4O2S. The first-order valence-electron chi connectivity index (χ1n) is 8.55. The lowest BCUT2D eigenvalue weighted by molar-refractivity contribution is 0.540. The van der Waals surface area contributed by atoms with Gasteiger partial charge in [-0.05, 0) is 26.0 Å². The van der Waals surface area contributed by atoms with Gasteiger partial charge in [0.25, 0.3) is 0 Å². The number of rotatable bonds is 4. The Bertz CT molecular complexity index is 1250. The van der Waals surface area contributed by atoms with Gasteiger partial charge in [0, 0.05) is 23.4 Å². The first kappa shape index (κ1) is 16.1. The molecule has 27 heavy (non-hydrogen) atoms. The Hall–Kier alpha value is -3.06. The standard InChI is InChI=1S/C20H16N4O2S/c1-12-3-5-14(6-4-12)19-22-15(13(2)26-19)10-27-20-17-9-18-16(7-8-25-18)24(17)11-21-23-20/h3-9,11H,10H2,1-2H3. The monoisotopic (exact) mass is 376 g/mol. The zero-order chi connectivity index (χ0) is 18.4. The maximum absolute atomic E-state index is 5.87. The van der Waals surface area contributed by atoms with Gasteiger partial charge >= 0.3 is 0 Å². The van der Waals surface area contributed by atoms with Crippen molar-refractivity contribution in [2.24, 2.45) is 0 Å². The summed E-state index contributed by atoms with van der Waals surface area (Å²) in [6, 6.07) is 12.1. The molecule has 0 aliphatic carbocycles. The van der Waals surface area contributed by atoms with E-state index in [2.05, 4.69) is 34.2 Å². The molecule has 5 rings (SSSR count). The number of aromatic nitrogens is 4. The lowest BCUT2D eigenvalue weighted by atomic mass is 10.1. The summed E-state index contributed by atoms with van der Waals surface area (Å²) >= 11 is 1.59. The highest BCUT2D eigenvalue weighted by molar-refractivity contribution is 7.98. The predicted octanol–water partition coefficient (Wildman–Crippen LogP) is 5.04. The predicted molar refractivity (Wildman–Crippen MR) is 104 cm³/mol. The topological polar surface area (TPSA) is 69.4 Å². The molecule has 0 aliphatic heterocycles. The minimum atomic E-state index is 0.646. The van der Waals surface area contributed by atoms with Gasteiger partial charge in [0.2, 0.25) is 5.89 Å². The Labute approximate surface area is 159 Å². The number of thioether (sulfide) groups is 1. The van der Waals surface area contributed by atoms with Crippen LogP contribution in [0.5, 0.6) is 0 Å². The zero-order valence-corrected chi connectivity index (χ0v) is 15.7. The minimum Gasteiger partial charge on any atom is -0.463 e. The Kier molecular flexibility index (Phi) is 3.75. The zero-order valence-electron chi connectivity index (χ0n) is 14.8. The van der Waals surface area contributed by atoms with Crippen molar-refractivity contribution in [2.75, 3.05) is 0 Å². The van der Waals surface area contributed by atoms with Crippen LogP contribution in [0.25, 0.3) is 28.1 Å². The van der Waals surface area contributed by atoms with E-state index in [4.69, 9.17) is 8.83 Å². The molecule has 4 heterocycles. The molecule has 0 saturated heterocycles. The van der Waals surface area contributed by atoms with Crippen molar-refractivity contribution in [1.29, 1.82) is 0 Å². The second-order valence-corrected chi connectivity index (χ2v) is 7.35. The van der Waals surface area contributed by atoms with Crippen molar-refractivity contribution < 1.29 is 8.83 Å². The van der Waals surface area contributed by atoms with E-state index >= 15 is 0 Å². The fourth-order valence-corrected chi connectivity index (χ4v) is 3.99. The molecule has 134 valence electrons. The summed E-state index contributed by atoms with van der Waals surface area (Å²) in [5.74, 6) is 2.12. The van der Waals surface area contributed by atoms with E-state index in [0.29, 0.717) is 11.6 Å². The fraction of sp³-hybridized carbons (Fsp3) is 0.150. The third-order valence-corrected chi connectivity index (χ3v) is 5.51. The number of benzene rings is 1. The number of aryl methyl sites for hydroxylation is 2. The average molecular weight is 376 g/mol. The van der Waals surface area contributed by atoms with Gasteiger partial charge in [0.15, 0.2) is 5.58 Å². The number of fused-ring (bicyclic) bond motifs is 3. The van der Waals surface area contributed by atoms with Crippen molar-refractivity contribution >= 4 is 28.4 Å². The van der Waals surface area contributed by atoms with Crippen LogP contribution in [0.2, 0.25) is 0 Å². The molecule has 0 radical (unpaired) electrons. The van der Waals surface area contributed by atoms with Crippen LogP contribution in [0, 0.1) is 13.8 Å². The third-order valence-electron chi connectivity index (χ3n) is 4.53. The van der Waals surface area contributed by atoms with Gasteiger partial charge in [0.1, 0.15) is 17.1 Å².